The first-order chi connectivity index (χ1) is 7.72. The Bertz CT molecular complexity index is 535. The molecule has 0 fully saturated rings. The van der Waals surface area contributed by atoms with Gasteiger partial charge in [-0.2, -0.15) is 0 Å². The predicted molar refractivity (Wildman–Crippen MR) is 67.3 cm³/mol. The minimum absolute atomic E-state index is 0.526. The van der Waals surface area contributed by atoms with Crippen LogP contribution in [-0.2, 0) is 0 Å². The maximum Gasteiger partial charge on any atom is 0.150 e. The SMILES string of the molecule is O=Cc1ccc(-c2ccccc2Cl)c(Cl)c1. The minimum Gasteiger partial charge on any atom is -0.298 e. The van der Waals surface area contributed by atoms with Gasteiger partial charge in [-0.15, -0.1) is 0 Å². The highest BCUT2D eigenvalue weighted by Gasteiger charge is 2.07. The Balaban J connectivity index is 2.57. The van der Waals surface area contributed by atoms with Gasteiger partial charge in [-0.25, -0.2) is 0 Å². The van der Waals surface area contributed by atoms with E-state index < -0.39 is 0 Å². The van der Waals surface area contributed by atoms with Crippen LogP contribution in [0.4, 0.5) is 0 Å². The number of aldehydes is 1. The van der Waals surface area contributed by atoms with Crippen molar-refractivity contribution >= 4 is 29.5 Å². The highest BCUT2D eigenvalue weighted by Crippen LogP contribution is 2.33. The normalized spacial score (nSPS) is 10.1. The molecule has 0 bridgehead atoms. The maximum absolute atomic E-state index is 10.6. The van der Waals surface area contributed by atoms with Crippen LogP contribution in [0.5, 0.6) is 0 Å². The largest absolute Gasteiger partial charge is 0.298 e. The van der Waals surface area contributed by atoms with Crippen molar-refractivity contribution in [3.63, 3.8) is 0 Å². The molecule has 2 rings (SSSR count). The lowest BCUT2D eigenvalue weighted by molar-refractivity contribution is 0.112. The quantitative estimate of drug-likeness (QED) is 0.719. The van der Waals surface area contributed by atoms with E-state index in [9.17, 15) is 4.79 Å². The van der Waals surface area contributed by atoms with Gasteiger partial charge in [0.2, 0.25) is 0 Å². The first-order valence-corrected chi connectivity index (χ1v) is 5.47. The molecule has 0 spiro atoms. The molecule has 0 saturated carbocycles. The Hall–Kier alpha value is -1.31. The molecule has 0 N–H and O–H groups in total. The van der Waals surface area contributed by atoms with Crippen LogP contribution < -0.4 is 0 Å². The average Bonchev–Trinajstić information content (AvgIpc) is 2.30. The van der Waals surface area contributed by atoms with E-state index in [1.165, 1.54) is 0 Å². The van der Waals surface area contributed by atoms with Crippen molar-refractivity contribution in [2.24, 2.45) is 0 Å². The van der Waals surface area contributed by atoms with Crippen LogP contribution in [0.2, 0.25) is 10.0 Å². The van der Waals surface area contributed by atoms with Gasteiger partial charge in [-0.05, 0) is 12.1 Å². The maximum atomic E-state index is 10.6. The van der Waals surface area contributed by atoms with Crippen LogP contribution in [0.3, 0.4) is 0 Å². The Kier molecular flexibility index (Phi) is 3.28. The summed E-state index contributed by atoms with van der Waals surface area (Å²) in [5.41, 5.74) is 2.25. The van der Waals surface area contributed by atoms with E-state index in [1.54, 1.807) is 24.3 Å². The van der Waals surface area contributed by atoms with E-state index in [1.807, 2.05) is 18.2 Å². The number of carbonyl (C=O) groups excluding carboxylic acids is 1. The molecule has 0 unspecified atom stereocenters. The third kappa shape index (κ3) is 2.11. The summed E-state index contributed by atoms with van der Waals surface area (Å²) in [4.78, 5) is 10.6. The summed E-state index contributed by atoms with van der Waals surface area (Å²) in [5, 5.41) is 1.17. The van der Waals surface area contributed by atoms with Gasteiger partial charge >= 0.3 is 0 Å². The van der Waals surface area contributed by atoms with Crippen molar-refractivity contribution in [2.75, 3.05) is 0 Å². The standard InChI is InChI=1S/C13H8Cl2O/c14-12-4-2-1-3-10(12)11-6-5-9(8-16)7-13(11)15/h1-8H. The number of hydrogen-bond donors (Lipinski definition) is 0. The molecule has 0 aromatic heterocycles. The average molecular weight is 251 g/mol. The Morgan fingerprint density at radius 3 is 2.19 bits per heavy atom. The van der Waals surface area contributed by atoms with Gasteiger partial charge in [0, 0.05) is 26.7 Å². The summed E-state index contributed by atoms with van der Waals surface area (Å²) >= 11 is 12.2. The fourth-order valence-electron chi connectivity index (χ4n) is 1.50. The molecule has 0 heterocycles. The lowest BCUT2D eigenvalue weighted by atomic mass is 10.0. The van der Waals surface area contributed by atoms with E-state index in [-0.39, 0.29) is 0 Å². The van der Waals surface area contributed by atoms with Gasteiger partial charge in [-0.3, -0.25) is 4.79 Å². The molecule has 2 aromatic rings. The first kappa shape index (κ1) is 11.2. The van der Waals surface area contributed by atoms with Crippen molar-refractivity contribution in [1.82, 2.24) is 0 Å². The van der Waals surface area contributed by atoms with E-state index in [0.29, 0.717) is 15.6 Å². The zero-order valence-corrected chi connectivity index (χ0v) is 9.79. The van der Waals surface area contributed by atoms with Crippen LogP contribution in [0.1, 0.15) is 10.4 Å². The Morgan fingerprint density at radius 1 is 0.875 bits per heavy atom. The van der Waals surface area contributed by atoms with Gasteiger partial charge in [0.1, 0.15) is 6.29 Å². The molecule has 0 saturated heterocycles. The molecule has 3 heteroatoms. The molecule has 0 amide bonds. The smallest absolute Gasteiger partial charge is 0.150 e. The summed E-state index contributed by atoms with van der Waals surface area (Å²) < 4.78 is 0. The molecular weight excluding hydrogens is 243 g/mol. The molecule has 80 valence electrons. The van der Waals surface area contributed by atoms with Crippen LogP contribution in [-0.4, -0.2) is 6.29 Å². The molecule has 2 aromatic carbocycles. The van der Waals surface area contributed by atoms with Crippen LogP contribution in [0.15, 0.2) is 42.5 Å². The summed E-state index contributed by atoms with van der Waals surface area (Å²) in [6.07, 6.45) is 0.766. The van der Waals surface area contributed by atoms with Gasteiger partial charge < -0.3 is 0 Å². The molecule has 1 nitrogen and oxygen atoms in total. The second kappa shape index (κ2) is 4.69. The molecule has 0 aliphatic heterocycles. The van der Waals surface area contributed by atoms with Crippen LogP contribution in [0.25, 0.3) is 11.1 Å². The summed E-state index contributed by atoms with van der Waals surface area (Å²) in [6.45, 7) is 0. The van der Waals surface area contributed by atoms with Crippen molar-refractivity contribution in [3.05, 3.63) is 58.1 Å². The predicted octanol–water partition coefficient (Wildman–Crippen LogP) is 4.47. The number of rotatable bonds is 2. The van der Waals surface area contributed by atoms with Gasteiger partial charge in [0.15, 0.2) is 0 Å². The second-order valence-electron chi connectivity index (χ2n) is 3.34. The highest BCUT2D eigenvalue weighted by molar-refractivity contribution is 6.36. The lowest BCUT2D eigenvalue weighted by Gasteiger charge is -2.06. The van der Waals surface area contributed by atoms with Gasteiger partial charge in [0.25, 0.3) is 0 Å². The zero-order valence-electron chi connectivity index (χ0n) is 8.28. The van der Waals surface area contributed by atoms with Crippen molar-refractivity contribution in [3.8, 4) is 11.1 Å². The van der Waals surface area contributed by atoms with Gasteiger partial charge in [-0.1, -0.05) is 53.5 Å². The number of carbonyl (C=O) groups is 1. The van der Waals surface area contributed by atoms with Crippen molar-refractivity contribution in [1.29, 1.82) is 0 Å². The number of benzene rings is 2. The Labute approximate surface area is 104 Å². The van der Waals surface area contributed by atoms with Crippen molar-refractivity contribution in [2.45, 2.75) is 0 Å². The Morgan fingerprint density at radius 2 is 1.56 bits per heavy atom. The fourth-order valence-corrected chi connectivity index (χ4v) is 2.03. The summed E-state index contributed by atoms with van der Waals surface area (Å²) in [5.74, 6) is 0. The van der Waals surface area contributed by atoms with E-state index in [0.717, 1.165) is 17.4 Å². The third-order valence-corrected chi connectivity index (χ3v) is 2.94. The van der Waals surface area contributed by atoms with Gasteiger partial charge in [0.05, 0.1) is 0 Å². The summed E-state index contributed by atoms with van der Waals surface area (Å²) in [6, 6.07) is 12.6. The highest BCUT2D eigenvalue weighted by atomic mass is 35.5. The first-order valence-electron chi connectivity index (χ1n) is 4.72. The molecule has 0 aliphatic carbocycles. The second-order valence-corrected chi connectivity index (χ2v) is 4.15. The molecule has 0 atom stereocenters. The monoisotopic (exact) mass is 250 g/mol. The zero-order chi connectivity index (χ0) is 11.5. The molecule has 16 heavy (non-hydrogen) atoms. The topological polar surface area (TPSA) is 17.1 Å². The minimum atomic E-state index is 0.526. The van der Waals surface area contributed by atoms with E-state index >= 15 is 0 Å². The molecular formula is C13H8Cl2O. The fraction of sp³-hybridized carbons (Fsp3) is 0. The van der Waals surface area contributed by atoms with Crippen LogP contribution in [0, 0.1) is 0 Å². The summed E-state index contributed by atoms with van der Waals surface area (Å²) in [7, 11) is 0. The molecule has 0 aliphatic rings. The molecule has 0 radical (unpaired) electrons. The number of hydrogen-bond acceptors (Lipinski definition) is 1. The van der Waals surface area contributed by atoms with E-state index in [4.69, 9.17) is 23.2 Å². The van der Waals surface area contributed by atoms with Crippen molar-refractivity contribution < 1.29 is 4.79 Å². The van der Waals surface area contributed by atoms with Crippen LogP contribution >= 0.6 is 23.2 Å². The van der Waals surface area contributed by atoms with E-state index in [2.05, 4.69) is 0 Å². The third-order valence-electron chi connectivity index (χ3n) is 2.29. The number of halogens is 2. The lowest BCUT2D eigenvalue weighted by Crippen LogP contribution is -1.84.